The molecule has 57 heavy (non-hydrogen) atoms. The Bertz CT molecular complexity index is 3160. The van der Waals surface area contributed by atoms with Gasteiger partial charge < -0.3 is 9.47 Å². The second-order valence-corrected chi connectivity index (χ2v) is 15.6. The smallest absolute Gasteiger partial charge is 0.0541 e. The van der Waals surface area contributed by atoms with E-state index in [0.717, 1.165) is 22.7 Å². The van der Waals surface area contributed by atoms with Crippen LogP contribution in [0.3, 0.4) is 0 Å². The molecule has 0 amide bonds. The molecule has 0 saturated heterocycles. The fourth-order valence-corrected chi connectivity index (χ4v) is 9.71. The van der Waals surface area contributed by atoms with Gasteiger partial charge in [-0.05, 0) is 100 Å². The summed E-state index contributed by atoms with van der Waals surface area (Å²) in [4.78, 5) is 2.36. The Morgan fingerprint density at radius 3 is 1.46 bits per heavy atom. The standard InChI is InChI=1S/C54H36N2S/c1-2-12-37(13-3-1)38-24-30-42(31-25-38)55(44-34-28-40(29-35-44)46-19-11-20-50-49-18-6-9-23-53(49)57-54(46)50)43-32-26-39(27-33-43)41-14-10-15-45(36-41)56-51-21-7-4-16-47(51)48-17-5-8-22-52(48)56/h1-36H. The van der Waals surface area contributed by atoms with E-state index in [1.807, 2.05) is 11.3 Å². The van der Waals surface area contributed by atoms with E-state index in [2.05, 4.69) is 228 Å². The molecule has 268 valence electrons. The van der Waals surface area contributed by atoms with Crippen molar-refractivity contribution < 1.29 is 0 Å². The van der Waals surface area contributed by atoms with Crippen LogP contribution in [-0.4, -0.2) is 4.57 Å². The number of benzene rings is 9. The Morgan fingerprint density at radius 1 is 0.333 bits per heavy atom. The van der Waals surface area contributed by atoms with Crippen LogP contribution in [-0.2, 0) is 0 Å². The third-order valence-electron chi connectivity index (χ3n) is 11.2. The van der Waals surface area contributed by atoms with Crippen molar-refractivity contribution in [1.29, 1.82) is 0 Å². The van der Waals surface area contributed by atoms with Crippen molar-refractivity contribution in [1.82, 2.24) is 4.57 Å². The van der Waals surface area contributed by atoms with Gasteiger partial charge in [-0.1, -0.05) is 152 Å². The summed E-state index contributed by atoms with van der Waals surface area (Å²) in [5.74, 6) is 0. The van der Waals surface area contributed by atoms with Crippen LogP contribution >= 0.6 is 11.3 Å². The lowest BCUT2D eigenvalue weighted by atomic mass is 10.0. The molecule has 9 aromatic carbocycles. The summed E-state index contributed by atoms with van der Waals surface area (Å²) in [6.07, 6.45) is 0. The number of thiophene rings is 1. The van der Waals surface area contributed by atoms with E-state index < -0.39 is 0 Å². The molecule has 0 saturated carbocycles. The van der Waals surface area contributed by atoms with Crippen LogP contribution in [0, 0.1) is 0 Å². The lowest BCUT2D eigenvalue weighted by Crippen LogP contribution is -2.09. The molecule has 0 aliphatic carbocycles. The maximum atomic E-state index is 2.38. The Kier molecular flexibility index (Phi) is 8.04. The van der Waals surface area contributed by atoms with Gasteiger partial charge in [0.05, 0.1) is 11.0 Å². The second-order valence-electron chi connectivity index (χ2n) is 14.5. The predicted molar refractivity (Wildman–Crippen MR) is 245 cm³/mol. The normalized spacial score (nSPS) is 11.5. The fourth-order valence-electron chi connectivity index (χ4n) is 8.47. The summed E-state index contributed by atoms with van der Waals surface area (Å²) < 4.78 is 5.04. The van der Waals surface area contributed by atoms with E-state index in [-0.39, 0.29) is 0 Å². The van der Waals surface area contributed by atoms with Gasteiger partial charge in [0.15, 0.2) is 0 Å². The lowest BCUT2D eigenvalue weighted by molar-refractivity contribution is 1.18. The molecule has 2 aromatic heterocycles. The number of hydrogen-bond acceptors (Lipinski definition) is 2. The summed E-state index contributed by atoms with van der Waals surface area (Å²) in [6, 6.07) is 79.2. The predicted octanol–water partition coefficient (Wildman–Crippen LogP) is 15.6. The molecule has 0 atom stereocenters. The van der Waals surface area contributed by atoms with Crippen LogP contribution in [0.1, 0.15) is 0 Å². The van der Waals surface area contributed by atoms with Crippen molar-refractivity contribution in [3.8, 4) is 39.1 Å². The van der Waals surface area contributed by atoms with E-state index in [4.69, 9.17) is 0 Å². The first-order chi connectivity index (χ1) is 28.3. The minimum atomic E-state index is 1.10. The highest BCUT2D eigenvalue weighted by Gasteiger charge is 2.16. The number of fused-ring (bicyclic) bond motifs is 6. The number of nitrogens with zero attached hydrogens (tertiary/aromatic N) is 2. The average molecular weight is 745 g/mol. The minimum absolute atomic E-state index is 1.10. The van der Waals surface area contributed by atoms with Crippen molar-refractivity contribution >= 4 is 70.4 Å². The highest BCUT2D eigenvalue weighted by molar-refractivity contribution is 7.26. The van der Waals surface area contributed by atoms with Gasteiger partial charge in [-0.3, -0.25) is 0 Å². The van der Waals surface area contributed by atoms with E-state index >= 15 is 0 Å². The maximum Gasteiger partial charge on any atom is 0.0541 e. The molecule has 0 fully saturated rings. The molecular weight excluding hydrogens is 709 g/mol. The largest absolute Gasteiger partial charge is 0.311 e. The van der Waals surface area contributed by atoms with Crippen molar-refractivity contribution in [2.75, 3.05) is 4.90 Å². The topological polar surface area (TPSA) is 8.17 Å². The van der Waals surface area contributed by atoms with Gasteiger partial charge in [-0.15, -0.1) is 11.3 Å². The average Bonchev–Trinajstić information content (AvgIpc) is 3.84. The first-order valence-corrected chi connectivity index (χ1v) is 20.2. The molecule has 2 nitrogen and oxygen atoms in total. The Hall–Kier alpha value is -7.20. The number of para-hydroxylation sites is 2. The first-order valence-electron chi connectivity index (χ1n) is 19.4. The van der Waals surface area contributed by atoms with E-state index in [0.29, 0.717) is 0 Å². The van der Waals surface area contributed by atoms with Gasteiger partial charge in [0.25, 0.3) is 0 Å². The minimum Gasteiger partial charge on any atom is -0.311 e. The third kappa shape index (κ3) is 5.80. The van der Waals surface area contributed by atoms with Gasteiger partial charge in [-0.25, -0.2) is 0 Å². The Morgan fingerprint density at radius 2 is 0.807 bits per heavy atom. The molecule has 0 spiro atoms. The first kappa shape index (κ1) is 33.2. The molecule has 0 unspecified atom stereocenters. The maximum absolute atomic E-state index is 2.38. The van der Waals surface area contributed by atoms with Crippen LogP contribution in [0.15, 0.2) is 218 Å². The van der Waals surface area contributed by atoms with E-state index in [1.165, 1.54) is 75.4 Å². The zero-order valence-corrected chi connectivity index (χ0v) is 31.9. The van der Waals surface area contributed by atoms with Crippen molar-refractivity contribution in [2.24, 2.45) is 0 Å². The van der Waals surface area contributed by atoms with Gasteiger partial charge >= 0.3 is 0 Å². The monoisotopic (exact) mass is 744 g/mol. The molecule has 3 heteroatoms. The number of aromatic nitrogens is 1. The SMILES string of the molecule is c1ccc(-c2ccc(N(c3ccc(-c4cccc(-n5c6ccccc6c6ccccc65)c4)cc3)c3ccc(-c4cccc5c4sc4ccccc45)cc3)cc2)cc1. The fraction of sp³-hybridized carbons (Fsp3) is 0. The van der Waals surface area contributed by atoms with Gasteiger partial charge in [-0.2, -0.15) is 0 Å². The van der Waals surface area contributed by atoms with Crippen LogP contribution in [0.2, 0.25) is 0 Å². The number of anilines is 3. The second kappa shape index (κ2) is 13.8. The van der Waals surface area contributed by atoms with Gasteiger partial charge in [0, 0.05) is 53.7 Å². The zero-order chi connectivity index (χ0) is 37.7. The Balaban J connectivity index is 0.974. The molecule has 0 N–H and O–H groups in total. The third-order valence-corrected chi connectivity index (χ3v) is 12.4. The van der Waals surface area contributed by atoms with Crippen LogP contribution in [0.4, 0.5) is 17.1 Å². The van der Waals surface area contributed by atoms with Crippen LogP contribution in [0.5, 0.6) is 0 Å². The molecule has 11 rings (SSSR count). The summed E-state index contributed by atoms with van der Waals surface area (Å²) in [6.45, 7) is 0. The van der Waals surface area contributed by atoms with E-state index in [9.17, 15) is 0 Å². The Labute approximate surface area is 335 Å². The summed E-state index contributed by atoms with van der Waals surface area (Å²) in [5.41, 5.74) is 14.1. The summed E-state index contributed by atoms with van der Waals surface area (Å²) >= 11 is 1.88. The molecule has 0 aliphatic heterocycles. The number of rotatable bonds is 7. The molecule has 11 aromatic rings. The summed E-state index contributed by atoms with van der Waals surface area (Å²) in [5, 5.41) is 5.18. The quantitative estimate of drug-likeness (QED) is 0.158. The molecular formula is C54H36N2S. The van der Waals surface area contributed by atoms with Gasteiger partial charge in [0.1, 0.15) is 0 Å². The van der Waals surface area contributed by atoms with E-state index in [1.54, 1.807) is 0 Å². The lowest BCUT2D eigenvalue weighted by Gasteiger charge is -2.26. The highest BCUT2D eigenvalue weighted by Crippen LogP contribution is 2.42. The van der Waals surface area contributed by atoms with Gasteiger partial charge in [0.2, 0.25) is 0 Å². The molecule has 0 radical (unpaired) electrons. The zero-order valence-electron chi connectivity index (χ0n) is 31.1. The molecule has 2 heterocycles. The van der Waals surface area contributed by atoms with Crippen LogP contribution < -0.4 is 4.90 Å². The van der Waals surface area contributed by atoms with Crippen molar-refractivity contribution in [3.05, 3.63) is 218 Å². The van der Waals surface area contributed by atoms with Crippen molar-refractivity contribution in [2.45, 2.75) is 0 Å². The van der Waals surface area contributed by atoms with Crippen LogP contribution in [0.25, 0.3) is 81.0 Å². The highest BCUT2D eigenvalue weighted by atomic mass is 32.1. The molecule has 0 aliphatic rings. The van der Waals surface area contributed by atoms with Crippen molar-refractivity contribution in [3.63, 3.8) is 0 Å². The summed E-state index contributed by atoms with van der Waals surface area (Å²) in [7, 11) is 0. The number of hydrogen-bond donors (Lipinski definition) is 0. The molecule has 0 bridgehead atoms.